The Morgan fingerprint density at radius 2 is 2.29 bits per heavy atom. The van der Waals surface area contributed by atoms with Crippen molar-refractivity contribution in [2.24, 2.45) is 0 Å². The van der Waals surface area contributed by atoms with E-state index in [1.165, 1.54) is 0 Å². The van der Waals surface area contributed by atoms with Crippen LogP contribution in [0, 0.1) is 6.92 Å². The zero-order valence-electron chi connectivity index (χ0n) is 8.20. The van der Waals surface area contributed by atoms with Crippen LogP contribution in [0.2, 0.25) is 0 Å². The first-order chi connectivity index (χ1) is 6.77. The summed E-state index contributed by atoms with van der Waals surface area (Å²) in [7, 11) is 1.68. The molecule has 2 nitrogen and oxygen atoms in total. The first kappa shape index (κ1) is 9.49. The Balaban J connectivity index is 2.81. The molecule has 74 valence electrons. The smallest absolute Gasteiger partial charge is 0.130 e. The summed E-state index contributed by atoms with van der Waals surface area (Å²) >= 11 is 1.64. The minimum Gasteiger partial charge on any atom is -0.496 e. The van der Waals surface area contributed by atoms with Gasteiger partial charge < -0.3 is 9.84 Å². The molecule has 1 heterocycles. The monoisotopic (exact) mass is 208 g/mol. The SMILES string of the molecule is COc1c(C)cc(CO)c2sccc12. The maximum Gasteiger partial charge on any atom is 0.130 e. The lowest BCUT2D eigenvalue weighted by Crippen LogP contribution is -1.91. The Kier molecular flexibility index (Phi) is 2.44. The summed E-state index contributed by atoms with van der Waals surface area (Å²) in [6, 6.07) is 4.02. The van der Waals surface area contributed by atoms with Crippen LogP contribution in [0.3, 0.4) is 0 Å². The van der Waals surface area contributed by atoms with E-state index in [-0.39, 0.29) is 6.61 Å². The summed E-state index contributed by atoms with van der Waals surface area (Å²) in [5.41, 5.74) is 2.05. The topological polar surface area (TPSA) is 29.5 Å². The number of aryl methyl sites for hydroxylation is 1. The fraction of sp³-hybridized carbons (Fsp3) is 0.273. The van der Waals surface area contributed by atoms with Crippen LogP contribution in [0.15, 0.2) is 17.5 Å². The van der Waals surface area contributed by atoms with Gasteiger partial charge in [-0.1, -0.05) is 0 Å². The predicted octanol–water partition coefficient (Wildman–Crippen LogP) is 2.71. The number of benzene rings is 1. The van der Waals surface area contributed by atoms with E-state index in [4.69, 9.17) is 4.74 Å². The molecule has 0 aliphatic heterocycles. The van der Waals surface area contributed by atoms with Crippen molar-refractivity contribution in [3.05, 3.63) is 28.6 Å². The molecule has 0 spiro atoms. The highest BCUT2D eigenvalue weighted by molar-refractivity contribution is 7.17. The lowest BCUT2D eigenvalue weighted by Gasteiger charge is -2.08. The molecule has 1 N–H and O–H groups in total. The van der Waals surface area contributed by atoms with E-state index in [0.717, 1.165) is 27.0 Å². The Morgan fingerprint density at radius 1 is 1.50 bits per heavy atom. The van der Waals surface area contributed by atoms with Gasteiger partial charge in [-0.25, -0.2) is 0 Å². The van der Waals surface area contributed by atoms with Crippen LogP contribution in [-0.2, 0) is 6.61 Å². The van der Waals surface area contributed by atoms with Gasteiger partial charge in [0.25, 0.3) is 0 Å². The maximum absolute atomic E-state index is 9.21. The number of hydrogen-bond acceptors (Lipinski definition) is 3. The second-order valence-electron chi connectivity index (χ2n) is 3.21. The average Bonchev–Trinajstić information content (AvgIpc) is 2.65. The summed E-state index contributed by atoms with van der Waals surface area (Å²) in [6.45, 7) is 2.08. The van der Waals surface area contributed by atoms with Crippen molar-refractivity contribution in [1.82, 2.24) is 0 Å². The van der Waals surface area contributed by atoms with Crippen molar-refractivity contribution in [2.75, 3.05) is 7.11 Å². The number of methoxy groups -OCH3 is 1. The molecular formula is C11H12O2S. The highest BCUT2D eigenvalue weighted by atomic mass is 32.1. The fourth-order valence-electron chi connectivity index (χ4n) is 1.73. The molecule has 0 saturated heterocycles. The molecule has 0 unspecified atom stereocenters. The van der Waals surface area contributed by atoms with Gasteiger partial charge >= 0.3 is 0 Å². The number of rotatable bonds is 2. The molecular weight excluding hydrogens is 196 g/mol. The Morgan fingerprint density at radius 3 is 2.93 bits per heavy atom. The van der Waals surface area contributed by atoms with Gasteiger partial charge in [0.2, 0.25) is 0 Å². The number of ether oxygens (including phenoxy) is 1. The van der Waals surface area contributed by atoms with Crippen LogP contribution < -0.4 is 4.74 Å². The van der Waals surface area contributed by atoms with Crippen LogP contribution in [0.5, 0.6) is 5.75 Å². The number of hydrogen-bond donors (Lipinski definition) is 1. The number of fused-ring (bicyclic) bond motifs is 1. The van der Waals surface area contributed by atoms with E-state index < -0.39 is 0 Å². The van der Waals surface area contributed by atoms with Crippen LogP contribution in [0.25, 0.3) is 10.1 Å². The quantitative estimate of drug-likeness (QED) is 0.822. The highest BCUT2D eigenvalue weighted by Gasteiger charge is 2.10. The molecule has 2 aromatic rings. The summed E-state index contributed by atoms with van der Waals surface area (Å²) in [5.74, 6) is 0.915. The average molecular weight is 208 g/mol. The van der Waals surface area contributed by atoms with E-state index in [9.17, 15) is 5.11 Å². The Bertz CT molecular complexity index is 460. The first-order valence-corrected chi connectivity index (χ1v) is 5.30. The molecule has 14 heavy (non-hydrogen) atoms. The van der Waals surface area contributed by atoms with Gasteiger partial charge in [-0.15, -0.1) is 11.3 Å². The second kappa shape index (κ2) is 3.59. The van der Waals surface area contributed by atoms with Gasteiger partial charge in [-0.3, -0.25) is 0 Å². The summed E-state index contributed by atoms with van der Waals surface area (Å²) < 4.78 is 6.46. The van der Waals surface area contributed by atoms with Crippen molar-refractivity contribution in [3.63, 3.8) is 0 Å². The van der Waals surface area contributed by atoms with E-state index in [1.807, 2.05) is 24.4 Å². The summed E-state index contributed by atoms with van der Waals surface area (Å²) in [4.78, 5) is 0. The maximum atomic E-state index is 9.21. The van der Waals surface area contributed by atoms with Crippen molar-refractivity contribution >= 4 is 21.4 Å². The predicted molar refractivity (Wildman–Crippen MR) is 59.0 cm³/mol. The van der Waals surface area contributed by atoms with Crippen LogP contribution in [-0.4, -0.2) is 12.2 Å². The molecule has 1 aromatic heterocycles. The molecule has 0 bridgehead atoms. The third kappa shape index (κ3) is 1.29. The molecule has 0 saturated carbocycles. The lowest BCUT2D eigenvalue weighted by molar-refractivity contribution is 0.283. The molecule has 0 atom stereocenters. The molecule has 3 heteroatoms. The standard InChI is InChI=1S/C11H12O2S/c1-7-5-8(6-12)11-9(3-4-14-11)10(7)13-2/h3-5,12H,6H2,1-2H3. The molecule has 0 aliphatic carbocycles. The van der Waals surface area contributed by atoms with E-state index in [0.29, 0.717) is 0 Å². The van der Waals surface area contributed by atoms with Crippen LogP contribution >= 0.6 is 11.3 Å². The molecule has 1 aromatic carbocycles. The Labute approximate surface area is 86.8 Å². The van der Waals surface area contributed by atoms with Crippen molar-refractivity contribution in [2.45, 2.75) is 13.5 Å². The van der Waals surface area contributed by atoms with E-state index >= 15 is 0 Å². The number of aliphatic hydroxyl groups excluding tert-OH is 1. The minimum atomic E-state index is 0.0852. The third-order valence-corrected chi connectivity index (χ3v) is 3.31. The largest absolute Gasteiger partial charge is 0.496 e. The lowest BCUT2D eigenvalue weighted by atomic mass is 10.1. The molecule has 0 radical (unpaired) electrons. The second-order valence-corrected chi connectivity index (χ2v) is 4.12. The molecule has 2 rings (SSSR count). The molecule has 0 amide bonds. The van der Waals surface area contributed by atoms with Gasteiger partial charge in [0, 0.05) is 10.1 Å². The minimum absolute atomic E-state index is 0.0852. The van der Waals surface area contributed by atoms with Crippen molar-refractivity contribution in [3.8, 4) is 5.75 Å². The van der Waals surface area contributed by atoms with Gasteiger partial charge in [0.1, 0.15) is 5.75 Å². The fourth-order valence-corrected chi connectivity index (χ4v) is 2.63. The van der Waals surface area contributed by atoms with Crippen LogP contribution in [0.1, 0.15) is 11.1 Å². The van der Waals surface area contributed by atoms with Crippen LogP contribution in [0.4, 0.5) is 0 Å². The number of aliphatic hydroxyl groups is 1. The molecule has 0 aliphatic rings. The Hall–Kier alpha value is -1.06. The van der Waals surface area contributed by atoms with E-state index in [2.05, 4.69) is 0 Å². The first-order valence-electron chi connectivity index (χ1n) is 4.42. The third-order valence-electron chi connectivity index (χ3n) is 2.32. The summed E-state index contributed by atoms with van der Waals surface area (Å²) in [6.07, 6.45) is 0. The van der Waals surface area contributed by atoms with Gasteiger partial charge in [-0.05, 0) is 35.6 Å². The van der Waals surface area contributed by atoms with Gasteiger partial charge in [0.15, 0.2) is 0 Å². The van der Waals surface area contributed by atoms with Gasteiger partial charge in [-0.2, -0.15) is 0 Å². The summed E-state index contributed by atoms with van der Waals surface area (Å²) in [5, 5.41) is 12.3. The van der Waals surface area contributed by atoms with E-state index in [1.54, 1.807) is 18.4 Å². The number of thiophene rings is 1. The highest BCUT2D eigenvalue weighted by Crippen LogP contribution is 2.35. The van der Waals surface area contributed by atoms with Crippen molar-refractivity contribution in [1.29, 1.82) is 0 Å². The zero-order valence-corrected chi connectivity index (χ0v) is 9.02. The van der Waals surface area contributed by atoms with Gasteiger partial charge in [0.05, 0.1) is 13.7 Å². The zero-order chi connectivity index (χ0) is 10.1. The van der Waals surface area contributed by atoms with Crippen molar-refractivity contribution < 1.29 is 9.84 Å². The molecule has 0 fully saturated rings. The normalized spacial score (nSPS) is 10.8.